The first-order valence-electron chi connectivity index (χ1n) is 8.11. The van der Waals surface area contributed by atoms with Gasteiger partial charge in [0.15, 0.2) is 6.61 Å². The Morgan fingerprint density at radius 3 is 2.42 bits per heavy atom. The third-order valence-corrected chi connectivity index (χ3v) is 4.83. The second-order valence-corrected chi connectivity index (χ2v) is 7.62. The molecule has 0 fully saturated rings. The van der Waals surface area contributed by atoms with Crippen molar-refractivity contribution in [3.8, 4) is 0 Å². The molecule has 2 rings (SSSR count). The lowest BCUT2D eigenvalue weighted by molar-refractivity contribution is -0.161. The topological polar surface area (TPSA) is 98.8 Å². The van der Waals surface area contributed by atoms with Crippen molar-refractivity contribution in [2.75, 3.05) is 13.2 Å². The highest BCUT2D eigenvalue weighted by atomic mass is 32.2. The minimum absolute atomic E-state index is 0.116. The molecule has 1 N–H and O–H groups in total. The number of hydrogen-bond acceptors (Lipinski definition) is 6. The Morgan fingerprint density at radius 2 is 1.73 bits per heavy atom. The molecule has 0 amide bonds. The third-order valence-electron chi connectivity index (χ3n) is 3.37. The van der Waals surface area contributed by atoms with Gasteiger partial charge in [0.05, 0.1) is 17.4 Å². The summed E-state index contributed by atoms with van der Waals surface area (Å²) >= 11 is 0. The molecular formula is C18H21NO6S. The molecule has 0 saturated carbocycles. The second kappa shape index (κ2) is 8.77. The summed E-state index contributed by atoms with van der Waals surface area (Å²) in [5, 5.41) is 1.74. The van der Waals surface area contributed by atoms with E-state index in [1.165, 1.54) is 6.07 Å². The first kappa shape index (κ1) is 19.9. The van der Waals surface area contributed by atoms with Crippen molar-refractivity contribution in [3.05, 3.63) is 42.5 Å². The molecule has 0 unspecified atom stereocenters. The number of sulfonamides is 1. The number of carbonyl (C=O) groups excluding carboxylic acids is 2. The molecule has 0 aliphatic rings. The molecule has 0 aliphatic heterocycles. The van der Waals surface area contributed by atoms with Gasteiger partial charge in [-0.2, -0.15) is 0 Å². The number of fused-ring (bicyclic) bond motifs is 1. The molecule has 2 aromatic carbocycles. The number of hydrogen-bond donors (Lipinski definition) is 1. The Bertz CT molecular complexity index is 891. The molecule has 7 nitrogen and oxygen atoms in total. The van der Waals surface area contributed by atoms with Gasteiger partial charge in [0, 0.05) is 6.54 Å². The monoisotopic (exact) mass is 379 g/mol. The van der Waals surface area contributed by atoms with Gasteiger partial charge in [-0.05, 0) is 36.8 Å². The number of ether oxygens (including phenoxy) is 2. The van der Waals surface area contributed by atoms with E-state index in [9.17, 15) is 18.0 Å². The normalized spacial score (nSPS) is 11.5. The van der Waals surface area contributed by atoms with Gasteiger partial charge in [-0.3, -0.25) is 4.79 Å². The summed E-state index contributed by atoms with van der Waals surface area (Å²) < 4.78 is 36.5. The maximum absolute atomic E-state index is 12.3. The van der Waals surface area contributed by atoms with Crippen LogP contribution in [0, 0.1) is 0 Å². The van der Waals surface area contributed by atoms with Gasteiger partial charge in [0.25, 0.3) is 0 Å². The molecule has 0 aliphatic carbocycles. The van der Waals surface area contributed by atoms with E-state index >= 15 is 0 Å². The quantitative estimate of drug-likeness (QED) is 0.705. The summed E-state index contributed by atoms with van der Waals surface area (Å²) in [6.45, 7) is 2.74. The molecule has 0 atom stereocenters. The molecule has 140 valence electrons. The Balaban J connectivity index is 1.85. The van der Waals surface area contributed by atoms with Crippen LogP contribution in [0.4, 0.5) is 0 Å². The van der Waals surface area contributed by atoms with Crippen molar-refractivity contribution in [2.24, 2.45) is 0 Å². The van der Waals surface area contributed by atoms with E-state index in [1.54, 1.807) is 26.0 Å². The Morgan fingerprint density at radius 1 is 1.04 bits per heavy atom. The van der Waals surface area contributed by atoms with Gasteiger partial charge in [-0.15, -0.1) is 0 Å². The first-order valence-corrected chi connectivity index (χ1v) is 9.60. The number of carbonyl (C=O) groups is 2. The average Bonchev–Trinajstić information content (AvgIpc) is 2.59. The van der Waals surface area contributed by atoms with Crippen LogP contribution in [0.1, 0.15) is 20.3 Å². The SMILES string of the molecule is CC(C)OC(=O)COC(=O)CCNS(=O)(=O)c1ccc2ccccc2c1. The van der Waals surface area contributed by atoms with E-state index in [2.05, 4.69) is 4.72 Å². The first-order chi connectivity index (χ1) is 12.3. The van der Waals surface area contributed by atoms with Crippen molar-refractivity contribution in [3.63, 3.8) is 0 Å². The number of nitrogens with one attached hydrogen (secondary N) is 1. The number of rotatable bonds is 8. The molecule has 0 spiro atoms. The van der Waals surface area contributed by atoms with Crippen molar-refractivity contribution in [1.82, 2.24) is 4.72 Å². The minimum Gasteiger partial charge on any atom is -0.460 e. The summed E-state index contributed by atoms with van der Waals surface area (Å²) in [7, 11) is -3.74. The van der Waals surface area contributed by atoms with Gasteiger partial charge in [0.1, 0.15) is 0 Å². The van der Waals surface area contributed by atoms with Crippen molar-refractivity contribution in [1.29, 1.82) is 0 Å². The van der Waals surface area contributed by atoms with Crippen molar-refractivity contribution < 1.29 is 27.5 Å². The fraction of sp³-hybridized carbons (Fsp3) is 0.333. The zero-order valence-corrected chi connectivity index (χ0v) is 15.4. The lowest BCUT2D eigenvalue weighted by atomic mass is 10.1. The molecule has 0 aromatic heterocycles. The van der Waals surface area contributed by atoms with Crippen LogP contribution >= 0.6 is 0 Å². The van der Waals surface area contributed by atoms with Gasteiger partial charge in [0.2, 0.25) is 10.0 Å². The molecule has 0 heterocycles. The van der Waals surface area contributed by atoms with Crippen LogP contribution in [0.15, 0.2) is 47.4 Å². The van der Waals surface area contributed by atoms with E-state index in [0.29, 0.717) is 0 Å². The maximum atomic E-state index is 12.3. The molecule has 8 heteroatoms. The van der Waals surface area contributed by atoms with Crippen LogP contribution in [-0.2, 0) is 29.1 Å². The predicted octanol–water partition coefficient (Wildman–Crippen LogP) is 2.00. The highest BCUT2D eigenvalue weighted by Gasteiger charge is 2.16. The molecular weight excluding hydrogens is 358 g/mol. The largest absolute Gasteiger partial charge is 0.460 e. The summed E-state index contributed by atoms with van der Waals surface area (Å²) in [5.41, 5.74) is 0. The van der Waals surface area contributed by atoms with E-state index in [1.807, 2.05) is 24.3 Å². The van der Waals surface area contributed by atoms with Gasteiger partial charge >= 0.3 is 11.9 Å². The second-order valence-electron chi connectivity index (χ2n) is 5.86. The van der Waals surface area contributed by atoms with Crippen LogP contribution in [0.3, 0.4) is 0 Å². The Hall–Kier alpha value is -2.45. The Kier molecular flexibility index (Phi) is 6.70. The summed E-state index contributed by atoms with van der Waals surface area (Å²) in [5.74, 6) is -1.34. The maximum Gasteiger partial charge on any atom is 0.344 e. The molecule has 0 saturated heterocycles. The zero-order valence-electron chi connectivity index (χ0n) is 14.6. The van der Waals surface area contributed by atoms with Crippen LogP contribution < -0.4 is 4.72 Å². The average molecular weight is 379 g/mol. The highest BCUT2D eigenvalue weighted by Crippen LogP contribution is 2.18. The smallest absolute Gasteiger partial charge is 0.344 e. The fourth-order valence-electron chi connectivity index (χ4n) is 2.21. The number of esters is 2. The van der Waals surface area contributed by atoms with E-state index < -0.39 is 28.6 Å². The summed E-state index contributed by atoms with van der Waals surface area (Å²) in [6.07, 6.45) is -0.489. The lowest BCUT2D eigenvalue weighted by Crippen LogP contribution is -2.27. The van der Waals surface area contributed by atoms with Gasteiger partial charge < -0.3 is 9.47 Å². The third kappa shape index (κ3) is 5.82. The Labute approximate surface area is 152 Å². The zero-order chi connectivity index (χ0) is 19.2. The van der Waals surface area contributed by atoms with Crippen LogP contribution in [0.2, 0.25) is 0 Å². The number of benzene rings is 2. The molecule has 26 heavy (non-hydrogen) atoms. The highest BCUT2D eigenvalue weighted by molar-refractivity contribution is 7.89. The summed E-state index contributed by atoms with van der Waals surface area (Å²) in [4.78, 5) is 23.0. The summed E-state index contributed by atoms with van der Waals surface area (Å²) in [6, 6.07) is 12.2. The van der Waals surface area contributed by atoms with Crippen LogP contribution in [0.5, 0.6) is 0 Å². The molecule has 0 bridgehead atoms. The van der Waals surface area contributed by atoms with E-state index in [0.717, 1.165) is 10.8 Å². The predicted molar refractivity (Wildman–Crippen MR) is 95.9 cm³/mol. The fourth-order valence-corrected chi connectivity index (χ4v) is 3.28. The van der Waals surface area contributed by atoms with Crippen LogP contribution in [-0.4, -0.2) is 39.6 Å². The molecule has 0 radical (unpaired) electrons. The molecule has 2 aromatic rings. The van der Waals surface area contributed by atoms with Crippen molar-refractivity contribution in [2.45, 2.75) is 31.3 Å². The van der Waals surface area contributed by atoms with E-state index in [-0.39, 0.29) is 24.0 Å². The van der Waals surface area contributed by atoms with Crippen molar-refractivity contribution >= 4 is 32.7 Å². The standard InChI is InChI=1S/C18H21NO6S/c1-13(2)25-18(21)12-24-17(20)9-10-19-26(22,23)16-8-7-14-5-3-4-6-15(14)11-16/h3-8,11,13,19H,9-10,12H2,1-2H3. The van der Waals surface area contributed by atoms with E-state index in [4.69, 9.17) is 9.47 Å². The minimum atomic E-state index is -3.74. The van der Waals surface area contributed by atoms with Crippen LogP contribution in [0.25, 0.3) is 10.8 Å². The lowest BCUT2D eigenvalue weighted by Gasteiger charge is -2.09. The van der Waals surface area contributed by atoms with Gasteiger partial charge in [-0.25, -0.2) is 17.9 Å². The van der Waals surface area contributed by atoms with Gasteiger partial charge in [-0.1, -0.05) is 30.3 Å².